The molecule has 0 atom stereocenters. The molecule has 132 valence electrons. The van der Waals surface area contributed by atoms with Crippen molar-refractivity contribution in [2.45, 2.75) is 0 Å². The number of carbonyl (C=O) groups excluding carboxylic acids is 1. The van der Waals surface area contributed by atoms with E-state index in [0.717, 1.165) is 23.1 Å². The molecule has 3 rings (SSSR count). The minimum Gasteiger partial charge on any atom is -0.466 e. The number of amides is 1. The summed E-state index contributed by atoms with van der Waals surface area (Å²) < 4.78 is 22.0. The number of hydrogen-bond donors (Lipinski definition) is 2. The van der Waals surface area contributed by atoms with E-state index in [0.29, 0.717) is 22.0 Å². The van der Waals surface area contributed by atoms with Crippen LogP contribution in [-0.4, -0.2) is 39.0 Å². The van der Waals surface area contributed by atoms with Gasteiger partial charge in [0.1, 0.15) is 5.75 Å². The minimum absolute atomic E-state index is 0.213. The second kappa shape index (κ2) is 9.34. The van der Waals surface area contributed by atoms with Gasteiger partial charge in [0, 0.05) is 23.1 Å². The quantitative estimate of drug-likeness (QED) is 0.696. The molecule has 1 amide bonds. The van der Waals surface area contributed by atoms with Crippen molar-refractivity contribution < 1.29 is 19.0 Å². The van der Waals surface area contributed by atoms with E-state index in [4.69, 9.17) is 15.2 Å². The minimum atomic E-state index is -0.616. The lowest BCUT2D eigenvalue weighted by Crippen LogP contribution is -2.16. The number of hydrogen-bond acceptors (Lipinski definition) is 11. The van der Waals surface area contributed by atoms with E-state index in [9.17, 15) is 4.79 Å². The molecule has 0 aliphatic heterocycles. The number of aromatic nitrogens is 4. The summed E-state index contributed by atoms with van der Waals surface area (Å²) in [7, 11) is 2.95. The van der Waals surface area contributed by atoms with Gasteiger partial charge in [-0.05, 0) is 12.1 Å². The number of methoxy groups -OCH3 is 2. The summed E-state index contributed by atoms with van der Waals surface area (Å²) in [5, 5.41) is 3.20. The standard InChI is InChI=1S/C10H9N3O3S.C3H5N3OS/c1-15-8-11-9(17-13-8)12-10(14)16-7-5-3-2-4-6-7;1-7-3-5-2(4)8-6-3/h2-6H,1H3,(H,11,12,13,14);1H3,(H2,4,5,6). The molecular weight excluding hydrogens is 368 g/mol. The topological polar surface area (TPSA) is 134 Å². The molecule has 0 radical (unpaired) electrons. The van der Waals surface area contributed by atoms with E-state index in [2.05, 4.69) is 28.8 Å². The maximum Gasteiger partial charge on any atom is 0.418 e. The number of nitrogens with zero attached hydrogens (tertiary/aromatic N) is 4. The van der Waals surface area contributed by atoms with Gasteiger partial charge in [-0.25, -0.2) is 4.79 Å². The van der Waals surface area contributed by atoms with Gasteiger partial charge >= 0.3 is 18.1 Å². The first-order valence-corrected chi connectivity index (χ1v) is 8.20. The van der Waals surface area contributed by atoms with Crippen LogP contribution >= 0.6 is 23.1 Å². The summed E-state index contributed by atoms with van der Waals surface area (Å²) in [5.74, 6) is 0.460. The number of nitrogen functional groups attached to an aromatic ring is 1. The third kappa shape index (κ3) is 6.19. The van der Waals surface area contributed by atoms with Gasteiger partial charge in [0.05, 0.1) is 14.2 Å². The van der Waals surface area contributed by atoms with Crippen LogP contribution in [0.15, 0.2) is 30.3 Å². The van der Waals surface area contributed by atoms with E-state index in [1.165, 1.54) is 14.2 Å². The zero-order chi connectivity index (χ0) is 18.1. The number of rotatable bonds is 4. The van der Waals surface area contributed by atoms with Crippen molar-refractivity contribution in [3.8, 4) is 17.8 Å². The number of nitrogens with two attached hydrogens (primary N) is 1. The van der Waals surface area contributed by atoms with Crippen molar-refractivity contribution in [1.29, 1.82) is 0 Å². The van der Waals surface area contributed by atoms with E-state index in [-0.39, 0.29) is 6.01 Å². The van der Waals surface area contributed by atoms with Gasteiger partial charge in [-0.1, -0.05) is 18.2 Å². The van der Waals surface area contributed by atoms with E-state index >= 15 is 0 Å². The molecule has 3 aromatic rings. The molecule has 3 N–H and O–H groups in total. The maximum absolute atomic E-state index is 11.4. The number of para-hydroxylation sites is 1. The predicted octanol–water partition coefficient (Wildman–Crippen LogP) is 2.29. The average Bonchev–Trinajstić information content (AvgIpc) is 3.24. The second-order valence-corrected chi connectivity index (χ2v) is 5.57. The Kier molecular flexibility index (Phi) is 6.86. The van der Waals surface area contributed by atoms with Crippen LogP contribution in [0.1, 0.15) is 0 Å². The summed E-state index contributed by atoms with van der Waals surface area (Å²) in [6, 6.07) is 9.30. The van der Waals surface area contributed by atoms with Crippen LogP contribution in [0.2, 0.25) is 0 Å². The smallest absolute Gasteiger partial charge is 0.418 e. The van der Waals surface area contributed by atoms with E-state index in [1.807, 2.05) is 6.07 Å². The van der Waals surface area contributed by atoms with Gasteiger partial charge in [-0.2, -0.15) is 9.97 Å². The third-order valence-corrected chi connectivity index (χ3v) is 3.50. The Morgan fingerprint density at radius 3 is 2.20 bits per heavy atom. The fraction of sp³-hybridized carbons (Fsp3) is 0.154. The van der Waals surface area contributed by atoms with Gasteiger partial charge in [-0.3, -0.25) is 5.32 Å². The van der Waals surface area contributed by atoms with Gasteiger partial charge in [0.25, 0.3) is 0 Å². The molecule has 0 aliphatic rings. The van der Waals surface area contributed by atoms with Crippen molar-refractivity contribution in [3.63, 3.8) is 0 Å². The van der Waals surface area contributed by atoms with Crippen LogP contribution in [0.4, 0.5) is 15.1 Å². The highest BCUT2D eigenvalue weighted by atomic mass is 32.1. The molecule has 0 saturated heterocycles. The van der Waals surface area contributed by atoms with Crippen molar-refractivity contribution in [2.24, 2.45) is 0 Å². The molecule has 1 aromatic carbocycles. The fourth-order valence-electron chi connectivity index (χ4n) is 1.36. The van der Waals surface area contributed by atoms with Crippen LogP contribution in [-0.2, 0) is 0 Å². The van der Waals surface area contributed by atoms with Crippen molar-refractivity contribution >= 4 is 39.4 Å². The number of anilines is 2. The van der Waals surface area contributed by atoms with Crippen molar-refractivity contribution in [3.05, 3.63) is 30.3 Å². The lowest BCUT2D eigenvalue weighted by atomic mass is 10.3. The monoisotopic (exact) mass is 382 g/mol. The molecule has 0 spiro atoms. The average molecular weight is 382 g/mol. The molecule has 0 bridgehead atoms. The second-order valence-electron chi connectivity index (χ2n) is 4.03. The third-order valence-electron chi connectivity index (χ3n) is 2.36. The van der Waals surface area contributed by atoms with Gasteiger partial charge in [0.2, 0.25) is 10.3 Å². The molecule has 0 unspecified atom stereocenters. The maximum atomic E-state index is 11.4. The first-order valence-electron chi connectivity index (χ1n) is 6.65. The SMILES string of the molecule is COc1nsc(N)n1.COc1nsc(NC(=O)Oc2ccccc2)n1. The normalized spacial score (nSPS) is 9.52. The van der Waals surface area contributed by atoms with Crippen LogP contribution in [0.25, 0.3) is 0 Å². The van der Waals surface area contributed by atoms with Crippen LogP contribution in [0.3, 0.4) is 0 Å². The molecular formula is C13H14N6O4S2. The summed E-state index contributed by atoms with van der Waals surface area (Å²) in [6.45, 7) is 0. The van der Waals surface area contributed by atoms with Gasteiger partial charge in [0.15, 0.2) is 0 Å². The van der Waals surface area contributed by atoms with Crippen LogP contribution < -0.4 is 25.3 Å². The number of carbonyl (C=O) groups is 1. The number of ether oxygens (including phenoxy) is 3. The molecule has 25 heavy (non-hydrogen) atoms. The fourth-order valence-corrected chi connectivity index (χ4v) is 2.29. The first-order chi connectivity index (χ1) is 12.1. The Hall–Kier alpha value is -2.99. The lowest BCUT2D eigenvalue weighted by molar-refractivity contribution is 0.215. The first kappa shape index (κ1) is 18.4. The number of benzene rings is 1. The Morgan fingerprint density at radius 2 is 1.68 bits per heavy atom. The Labute approximate surface area is 150 Å². The zero-order valence-corrected chi connectivity index (χ0v) is 14.8. The summed E-state index contributed by atoms with van der Waals surface area (Å²) in [4.78, 5) is 19.0. The summed E-state index contributed by atoms with van der Waals surface area (Å²) >= 11 is 2.14. The number of nitrogens with one attached hydrogen (secondary N) is 1. The Bertz CT molecular complexity index is 795. The van der Waals surface area contributed by atoms with E-state index < -0.39 is 6.09 Å². The Morgan fingerprint density at radius 1 is 1.04 bits per heavy atom. The summed E-state index contributed by atoms with van der Waals surface area (Å²) in [5.41, 5.74) is 5.22. The Balaban J connectivity index is 0.000000236. The van der Waals surface area contributed by atoms with E-state index in [1.54, 1.807) is 24.3 Å². The molecule has 0 aliphatic carbocycles. The molecule has 0 saturated carbocycles. The van der Waals surface area contributed by atoms with Crippen LogP contribution in [0, 0.1) is 0 Å². The predicted molar refractivity (Wildman–Crippen MR) is 93.4 cm³/mol. The van der Waals surface area contributed by atoms with Crippen molar-refractivity contribution in [1.82, 2.24) is 18.7 Å². The highest BCUT2D eigenvalue weighted by molar-refractivity contribution is 7.10. The molecule has 2 heterocycles. The van der Waals surface area contributed by atoms with Gasteiger partial charge in [-0.15, -0.1) is 8.75 Å². The molecule has 2 aromatic heterocycles. The largest absolute Gasteiger partial charge is 0.466 e. The lowest BCUT2D eigenvalue weighted by Gasteiger charge is -2.02. The van der Waals surface area contributed by atoms with Gasteiger partial charge < -0.3 is 19.9 Å². The highest BCUT2D eigenvalue weighted by Gasteiger charge is 2.09. The molecule has 12 heteroatoms. The zero-order valence-electron chi connectivity index (χ0n) is 13.2. The highest BCUT2D eigenvalue weighted by Crippen LogP contribution is 2.16. The molecule has 10 nitrogen and oxygen atoms in total. The molecule has 0 fully saturated rings. The summed E-state index contributed by atoms with van der Waals surface area (Å²) in [6.07, 6.45) is -0.616. The van der Waals surface area contributed by atoms with Crippen molar-refractivity contribution in [2.75, 3.05) is 25.3 Å². The van der Waals surface area contributed by atoms with Crippen LogP contribution in [0.5, 0.6) is 17.8 Å².